The number of nitrogens with zero attached hydrogens (tertiary/aromatic N) is 1. The highest BCUT2D eigenvalue weighted by Crippen LogP contribution is 2.24. The Morgan fingerprint density at radius 2 is 2.00 bits per heavy atom. The van der Waals surface area contributed by atoms with Crippen LogP contribution in [0.3, 0.4) is 0 Å². The molecular formula is C12H13NO4S. The molecule has 1 fully saturated rings. The number of amides is 2. The number of aromatic carboxylic acids is 1. The van der Waals surface area contributed by atoms with Gasteiger partial charge < -0.3 is 5.11 Å². The average molecular weight is 267 g/mol. The maximum atomic E-state index is 11.7. The lowest BCUT2D eigenvalue weighted by Crippen LogP contribution is -2.39. The molecule has 0 saturated carbocycles. The second kappa shape index (κ2) is 4.89. The maximum absolute atomic E-state index is 11.7. The van der Waals surface area contributed by atoms with Crippen molar-refractivity contribution in [3.8, 4) is 0 Å². The average Bonchev–Trinajstić information content (AvgIpc) is 2.66. The summed E-state index contributed by atoms with van der Waals surface area (Å²) in [6, 6.07) is 1.54. The van der Waals surface area contributed by atoms with Gasteiger partial charge in [-0.25, -0.2) is 4.79 Å². The Bertz CT molecular complexity index is 504. The fraction of sp³-hybridized carbons (Fsp3) is 0.417. The largest absolute Gasteiger partial charge is 0.477 e. The van der Waals surface area contributed by atoms with E-state index in [0.29, 0.717) is 19.3 Å². The summed E-state index contributed by atoms with van der Waals surface area (Å²) in [5.41, 5.74) is 0.737. The van der Waals surface area contributed by atoms with Crippen LogP contribution in [0.15, 0.2) is 6.07 Å². The van der Waals surface area contributed by atoms with E-state index in [2.05, 4.69) is 0 Å². The van der Waals surface area contributed by atoms with Gasteiger partial charge in [-0.15, -0.1) is 11.3 Å². The van der Waals surface area contributed by atoms with E-state index in [-0.39, 0.29) is 23.2 Å². The first-order chi connectivity index (χ1) is 8.49. The molecule has 1 aromatic rings. The lowest BCUT2D eigenvalue weighted by molar-refractivity contribution is -0.148. The molecule has 2 amide bonds. The van der Waals surface area contributed by atoms with E-state index in [9.17, 15) is 14.4 Å². The van der Waals surface area contributed by atoms with Crippen LogP contribution in [0.1, 0.15) is 39.4 Å². The molecule has 1 aliphatic heterocycles. The third-order valence-electron chi connectivity index (χ3n) is 2.94. The number of piperidine rings is 1. The minimum atomic E-state index is -0.981. The summed E-state index contributed by atoms with van der Waals surface area (Å²) < 4.78 is 0. The van der Waals surface area contributed by atoms with Crippen LogP contribution in [0.5, 0.6) is 0 Å². The van der Waals surface area contributed by atoms with E-state index in [1.807, 2.05) is 0 Å². The molecule has 96 valence electrons. The van der Waals surface area contributed by atoms with Gasteiger partial charge in [0.05, 0.1) is 6.54 Å². The molecule has 0 atom stereocenters. The Morgan fingerprint density at radius 1 is 1.39 bits per heavy atom. The van der Waals surface area contributed by atoms with Crippen molar-refractivity contribution >= 4 is 29.1 Å². The number of likely N-dealkylation sites (tertiary alicyclic amines) is 1. The first-order valence-corrected chi connectivity index (χ1v) is 6.46. The Morgan fingerprint density at radius 3 is 2.50 bits per heavy atom. The number of carboxylic acid groups (broad SMARTS) is 1. The van der Waals surface area contributed by atoms with Crippen molar-refractivity contribution in [2.45, 2.75) is 32.7 Å². The van der Waals surface area contributed by atoms with E-state index in [0.717, 1.165) is 21.8 Å². The molecule has 1 N–H and O–H groups in total. The summed E-state index contributed by atoms with van der Waals surface area (Å²) in [6.07, 6.45) is 1.39. The highest BCUT2D eigenvalue weighted by molar-refractivity contribution is 7.14. The Balaban J connectivity index is 2.20. The van der Waals surface area contributed by atoms with E-state index in [4.69, 9.17) is 5.11 Å². The SMILES string of the molecule is Cc1sc(C(=O)O)cc1CN1C(=O)CCCC1=O. The van der Waals surface area contributed by atoms with Gasteiger partial charge in [0.2, 0.25) is 11.8 Å². The molecular weight excluding hydrogens is 254 g/mol. The van der Waals surface area contributed by atoms with Gasteiger partial charge in [-0.1, -0.05) is 0 Å². The van der Waals surface area contributed by atoms with Crippen molar-refractivity contribution in [3.05, 3.63) is 21.4 Å². The second-order valence-electron chi connectivity index (χ2n) is 4.22. The van der Waals surface area contributed by atoms with Crippen LogP contribution in [0.2, 0.25) is 0 Å². The number of hydrogen-bond acceptors (Lipinski definition) is 4. The standard InChI is InChI=1S/C12H13NO4S/c1-7-8(5-9(18-7)12(16)17)6-13-10(14)3-2-4-11(13)15/h5H,2-4,6H2,1H3,(H,16,17). The summed E-state index contributed by atoms with van der Waals surface area (Å²) >= 11 is 1.16. The van der Waals surface area contributed by atoms with Gasteiger partial charge in [-0.2, -0.15) is 0 Å². The van der Waals surface area contributed by atoms with Crippen LogP contribution in [-0.4, -0.2) is 27.8 Å². The van der Waals surface area contributed by atoms with Crippen LogP contribution in [0.25, 0.3) is 0 Å². The first-order valence-electron chi connectivity index (χ1n) is 5.65. The molecule has 0 bridgehead atoms. The van der Waals surface area contributed by atoms with Crippen molar-refractivity contribution in [2.24, 2.45) is 0 Å². The quantitative estimate of drug-likeness (QED) is 0.847. The molecule has 1 aromatic heterocycles. The smallest absolute Gasteiger partial charge is 0.345 e. The third kappa shape index (κ3) is 2.43. The topological polar surface area (TPSA) is 74.7 Å². The Hall–Kier alpha value is -1.69. The van der Waals surface area contributed by atoms with Crippen molar-refractivity contribution in [1.29, 1.82) is 0 Å². The molecule has 0 unspecified atom stereocenters. The minimum absolute atomic E-state index is 0.172. The zero-order chi connectivity index (χ0) is 13.3. The summed E-state index contributed by atoms with van der Waals surface area (Å²) in [7, 11) is 0. The Labute approximate surface area is 108 Å². The molecule has 0 aromatic carbocycles. The summed E-state index contributed by atoms with van der Waals surface area (Å²) in [5, 5.41) is 8.90. The van der Waals surface area contributed by atoms with Crippen molar-refractivity contribution in [1.82, 2.24) is 4.90 Å². The molecule has 0 aliphatic carbocycles. The van der Waals surface area contributed by atoms with Gasteiger partial charge >= 0.3 is 5.97 Å². The maximum Gasteiger partial charge on any atom is 0.345 e. The summed E-state index contributed by atoms with van der Waals surface area (Å²) in [4.78, 5) is 36.5. The number of imide groups is 1. The fourth-order valence-corrected chi connectivity index (χ4v) is 2.80. The number of hydrogen-bond donors (Lipinski definition) is 1. The predicted molar refractivity (Wildman–Crippen MR) is 65.4 cm³/mol. The van der Waals surface area contributed by atoms with E-state index in [1.54, 1.807) is 6.92 Å². The first kappa shape index (κ1) is 12.8. The predicted octanol–water partition coefficient (Wildman–Crippen LogP) is 1.79. The summed E-state index contributed by atoms with van der Waals surface area (Å²) in [5.74, 6) is -1.33. The number of rotatable bonds is 3. The Kier molecular flexibility index (Phi) is 3.47. The van der Waals surface area contributed by atoms with E-state index < -0.39 is 5.97 Å². The molecule has 1 aliphatic rings. The highest BCUT2D eigenvalue weighted by Gasteiger charge is 2.27. The molecule has 0 spiro atoms. The number of aryl methyl sites for hydroxylation is 1. The third-order valence-corrected chi connectivity index (χ3v) is 4.02. The van der Waals surface area contributed by atoms with Crippen molar-refractivity contribution in [2.75, 3.05) is 0 Å². The lowest BCUT2D eigenvalue weighted by Gasteiger charge is -2.24. The molecule has 6 heteroatoms. The zero-order valence-electron chi connectivity index (χ0n) is 9.93. The number of carbonyl (C=O) groups is 3. The monoisotopic (exact) mass is 267 g/mol. The minimum Gasteiger partial charge on any atom is -0.477 e. The zero-order valence-corrected chi connectivity index (χ0v) is 10.7. The van der Waals surface area contributed by atoms with Crippen LogP contribution in [0, 0.1) is 6.92 Å². The second-order valence-corrected chi connectivity index (χ2v) is 5.48. The van der Waals surface area contributed by atoms with Gasteiger partial charge in [0, 0.05) is 17.7 Å². The van der Waals surface area contributed by atoms with Crippen molar-refractivity contribution in [3.63, 3.8) is 0 Å². The summed E-state index contributed by atoms with van der Waals surface area (Å²) in [6.45, 7) is 1.98. The highest BCUT2D eigenvalue weighted by atomic mass is 32.1. The normalized spacial score (nSPS) is 16.2. The molecule has 2 rings (SSSR count). The number of carbonyl (C=O) groups excluding carboxylic acids is 2. The van der Waals surface area contributed by atoms with Gasteiger partial charge in [-0.3, -0.25) is 14.5 Å². The van der Waals surface area contributed by atoms with E-state index in [1.165, 1.54) is 11.0 Å². The van der Waals surface area contributed by atoms with Gasteiger partial charge in [0.1, 0.15) is 4.88 Å². The van der Waals surface area contributed by atoms with Gasteiger partial charge in [0.15, 0.2) is 0 Å². The fourth-order valence-electron chi connectivity index (χ4n) is 1.93. The van der Waals surface area contributed by atoms with Gasteiger partial charge in [-0.05, 0) is 25.0 Å². The molecule has 5 nitrogen and oxygen atoms in total. The van der Waals surface area contributed by atoms with Crippen LogP contribution in [-0.2, 0) is 16.1 Å². The molecule has 2 heterocycles. The molecule has 0 radical (unpaired) electrons. The van der Waals surface area contributed by atoms with Crippen LogP contribution >= 0.6 is 11.3 Å². The van der Waals surface area contributed by atoms with E-state index >= 15 is 0 Å². The number of carboxylic acids is 1. The van der Waals surface area contributed by atoms with Crippen LogP contribution < -0.4 is 0 Å². The lowest BCUT2D eigenvalue weighted by atomic mass is 10.1. The van der Waals surface area contributed by atoms with Crippen molar-refractivity contribution < 1.29 is 19.5 Å². The number of thiophene rings is 1. The van der Waals surface area contributed by atoms with Crippen LogP contribution in [0.4, 0.5) is 0 Å². The molecule has 18 heavy (non-hydrogen) atoms. The molecule has 1 saturated heterocycles. The van der Waals surface area contributed by atoms with Gasteiger partial charge in [0.25, 0.3) is 0 Å².